The van der Waals surface area contributed by atoms with E-state index in [1.807, 2.05) is 75.4 Å². The minimum absolute atomic E-state index is 0.379. The number of nitrogens with zero attached hydrogens (tertiary/aromatic N) is 1. The molecule has 3 rings (SSSR count). The molecule has 0 saturated carbocycles. The number of ether oxygens (including phenoxy) is 2. The molecular weight excluding hydrogens is 413 g/mol. The van der Waals surface area contributed by atoms with Crippen molar-refractivity contribution >= 4 is 24.7 Å². The fourth-order valence-corrected chi connectivity index (χ4v) is 3.33. The average molecular weight is 443 g/mol. The van der Waals surface area contributed by atoms with E-state index in [-0.39, 0.29) is 0 Å². The second-order valence-electron chi connectivity index (χ2n) is 8.66. The van der Waals surface area contributed by atoms with Crippen LogP contribution in [0.15, 0.2) is 72.8 Å². The SMILES string of the molecule is COc1ccc(Nc2ccc(CCN(B=N)C(=O)OC(C)(C)C)cc2)cc1-c1ccccc1. The summed E-state index contributed by atoms with van der Waals surface area (Å²) >= 11 is 0. The third kappa shape index (κ3) is 6.94. The summed E-state index contributed by atoms with van der Waals surface area (Å²) in [6, 6.07) is 24.2. The van der Waals surface area contributed by atoms with Crippen LogP contribution in [0.2, 0.25) is 0 Å². The molecule has 0 saturated heterocycles. The Morgan fingerprint density at radius 1 is 1.00 bits per heavy atom. The van der Waals surface area contributed by atoms with E-state index in [9.17, 15) is 4.79 Å². The Hall–Kier alpha value is -3.61. The third-order valence-corrected chi connectivity index (χ3v) is 4.95. The van der Waals surface area contributed by atoms with Gasteiger partial charge in [-0.1, -0.05) is 30.3 Å². The molecular formula is C26H30BN3O3. The van der Waals surface area contributed by atoms with E-state index < -0.39 is 11.7 Å². The topological polar surface area (TPSA) is 74.7 Å². The smallest absolute Gasteiger partial charge is 0.0622 e. The van der Waals surface area contributed by atoms with Crippen LogP contribution in [0.25, 0.3) is 11.1 Å². The minimum atomic E-state index is -0.590. The summed E-state index contributed by atoms with van der Waals surface area (Å²) in [5.41, 5.74) is 4.51. The summed E-state index contributed by atoms with van der Waals surface area (Å²) in [6.45, 7) is 5.81. The summed E-state index contributed by atoms with van der Waals surface area (Å²) < 4.78 is 10.9. The molecule has 0 aliphatic heterocycles. The van der Waals surface area contributed by atoms with Crippen LogP contribution in [0, 0.1) is 5.31 Å². The molecule has 0 aliphatic rings. The van der Waals surface area contributed by atoms with Crippen molar-refractivity contribution in [2.45, 2.75) is 32.8 Å². The van der Waals surface area contributed by atoms with Crippen LogP contribution in [-0.4, -0.2) is 37.4 Å². The van der Waals surface area contributed by atoms with Gasteiger partial charge in [0.1, 0.15) is 0 Å². The number of hydrogen-bond donors (Lipinski definition) is 2. The number of methoxy groups -OCH3 is 1. The summed E-state index contributed by atoms with van der Waals surface area (Å²) in [7, 11) is 2.69. The normalized spacial score (nSPS) is 10.8. The number of hydrogen-bond acceptors (Lipinski definition) is 5. The van der Waals surface area contributed by atoms with Gasteiger partial charge >= 0.3 is 154 Å². The van der Waals surface area contributed by atoms with Crippen LogP contribution in [-0.2, 0) is 11.2 Å². The summed E-state index contributed by atoms with van der Waals surface area (Å²) in [5.74, 6) is 0.822. The van der Waals surface area contributed by atoms with E-state index >= 15 is 0 Å². The van der Waals surface area contributed by atoms with Crippen molar-refractivity contribution in [3.05, 3.63) is 78.4 Å². The van der Waals surface area contributed by atoms with Crippen molar-refractivity contribution in [1.29, 1.82) is 5.31 Å². The fraction of sp³-hybridized carbons (Fsp3) is 0.269. The predicted molar refractivity (Wildman–Crippen MR) is 133 cm³/mol. The zero-order chi connectivity index (χ0) is 23.8. The molecule has 3 aromatic rings. The van der Waals surface area contributed by atoms with E-state index in [1.54, 1.807) is 7.11 Å². The van der Waals surface area contributed by atoms with Crippen LogP contribution in [0.4, 0.5) is 16.2 Å². The van der Waals surface area contributed by atoms with E-state index in [1.165, 1.54) is 4.81 Å². The van der Waals surface area contributed by atoms with Crippen molar-refractivity contribution in [2.24, 2.45) is 0 Å². The van der Waals surface area contributed by atoms with Crippen molar-refractivity contribution < 1.29 is 14.3 Å². The van der Waals surface area contributed by atoms with E-state index in [4.69, 9.17) is 14.8 Å². The second kappa shape index (κ2) is 10.8. The Morgan fingerprint density at radius 3 is 2.27 bits per heavy atom. The molecule has 3 aromatic carbocycles. The van der Waals surface area contributed by atoms with Gasteiger partial charge < -0.3 is 4.74 Å². The molecule has 0 unspecified atom stereocenters. The molecule has 0 radical (unpaired) electrons. The third-order valence-electron chi connectivity index (χ3n) is 4.95. The Balaban J connectivity index is 1.65. The molecule has 7 heteroatoms. The summed E-state index contributed by atoms with van der Waals surface area (Å²) in [4.78, 5) is 13.5. The number of nitrogens with one attached hydrogen (secondary N) is 2. The molecule has 1 amide bonds. The first-order valence-corrected chi connectivity index (χ1v) is 10.9. The van der Waals surface area contributed by atoms with Gasteiger partial charge in [-0.2, -0.15) is 0 Å². The number of carbonyl (C=O) groups is 1. The van der Waals surface area contributed by atoms with Gasteiger partial charge in [-0.15, -0.1) is 0 Å². The molecule has 0 aromatic heterocycles. The Labute approximate surface area is 196 Å². The van der Waals surface area contributed by atoms with Gasteiger partial charge in [-0.25, -0.2) is 0 Å². The first kappa shape index (κ1) is 24.0. The summed E-state index contributed by atoms with van der Waals surface area (Å²) in [6.07, 6.45) is 0.111. The number of rotatable bonds is 8. The molecule has 170 valence electrons. The molecule has 0 aliphatic carbocycles. The van der Waals surface area contributed by atoms with E-state index in [2.05, 4.69) is 23.5 Å². The molecule has 0 atom stereocenters. The van der Waals surface area contributed by atoms with Gasteiger partial charge in [0.25, 0.3) is 0 Å². The fourth-order valence-electron chi connectivity index (χ4n) is 3.33. The molecule has 6 nitrogen and oxygen atoms in total. The van der Waals surface area contributed by atoms with Crippen LogP contribution in [0.1, 0.15) is 26.3 Å². The predicted octanol–water partition coefficient (Wildman–Crippen LogP) is 6.27. The van der Waals surface area contributed by atoms with Gasteiger partial charge in [-0.3, -0.25) is 0 Å². The van der Waals surface area contributed by atoms with Gasteiger partial charge in [0.05, 0.1) is 7.11 Å². The van der Waals surface area contributed by atoms with Gasteiger partial charge in [-0.05, 0) is 0 Å². The number of amides is 1. The zero-order valence-corrected chi connectivity index (χ0v) is 19.6. The number of carbonyl (C=O) groups excluding carboxylic acids is 1. The molecule has 2 N–H and O–H groups in total. The maximum atomic E-state index is 12.2. The molecule has 33 heavy (non-hydrogen) atoms. The molecule has 0 fully saturated rings. The van der Waals surface area contributed by atoms with Crippen molar-refractivity contribution in [2.75, 3.05) is 19.0 Å². The van der Waals surface area contributed by atoms with Crippen molar-refractivity contribution in [3.63, 3.8) is 0 Å². The Bertz CT molecular complexity index is 1080. The first-order chi connectivity index (χ1) is 15.8. The maximum absolute atomic E-state index is 12.2. The average Bonchev–Trinajstić information content (AvgIpc) is 2.80. The van der Waals surface area contributed by atoms with Crippen molar-refractivity contribution in [1.82, 2.24) is 4.81 Å². The van der Waals surface area contributed by atoms with Gasteiger partial charge in [0, 0.05) is 0 Å². The molecule has 0 spiro atoms. The quantitative estimate of drug-likeness (QED) is 0.403. The minimum Gasteiger partial charge on any atom is -0.0622 e. The Kier molecular flexibility index (Phi) is 7.88. The monoisotopic (exact) mass is 443 g/mol. The van der Waals surface area contributed by atoms with Crippen molar-refractivity contribution in [3.8, 4) is 16.9 Å². The first-order valence-electron chi connectivity index (χ1n) is 10.9. The Morgan fingerprint density at radius 2 is 1.67 bits per heavy atom. The second-order valence-corrected chi connectivity index (χ2v) is 8.66. The van der Waals surface area contributed by atoms with E-state index in [0.717, 1.165) is 41.0 Å². The van der Waals surface area contributed by atoms with E-state index in [0.29, 0.717) is 13.0 Å². The standard InChI is InChI=1S/C26H30BN3O3/c1-26(2,3)33-25(31)30(27-28)17-16-19-10-12-21(13-11-19)29-22-14-15-24(32-4)23(18-22)20-8-6-5-7-9-20/h5-15,18,28-29H,16-17H2,1-4H3. The van der Waals surface area contributed by atoms with Crippen LogP contribution >= 0.6 is 0 Å². The van der Waals surface area contributed by atoms with Crippen LogP contribution < -0.4 is 10.1 Å². The van der Waals surface area contributed by atoms with Crippen LogP contribution in [0.3, 0.4) is 0 Å². The van der Waals surface area contributed by atoms with Gasteiger partial charge in [0.15, 0.2) is 0 Å². The summed E-state index contributed by atoms with van der Waals surface area (Å²) in [5, 5.41) is 10.9. The number of benzene rings is 3. The zero-order valence-electron chi connectivity index (χ0n) is 19.6. The molecule has 0 bridgehead atoms. The number of anilines is 2. The van der Waals surface area contributed by atoms with Gasteiger partial charge in [0.2, 0.25) is 0 Å². The van der Waals surface area contributed by atoms with Crippen LogP contribution in [0.5, 0.6) is 5.75 Å². The molecule has 0 heterocycles.